The molecule has 0 heterocycles. The molecule has 0 radical (unpaired) electrons. The summed E-state index contributed by atoms with van der Waals surface area (Å²) in [5, 5.41) is 8.51. The van der Waals surface area contributed by atoms with Crippen molar-refractivity contribution in [1.82, 2.24) is 0 Å². The smallest absolute Gasteiger partial charge is 0.340 e. The van der Waals surface area contributed by atoms with Crippen molar-refractivity contribution in [2.45, 2.75) is 30.0 Å². The average molecular weight is 234 g/mol. The van der Waals surface area contributed by atoms with Crippen LogP contribution in [0.25, 0.3) is 0 Å². The minimum Gasteiger partial charge on any atom is -0.479 e. The molecule has 0 aliphatic carbocycles. The number of hydrogen-bond acceptors (Lipinski definition) is 1. The molecule has 0 unspecified atom stereocenters. The number of hydrogen-bond donors (Lipinski definition) is 1. The third-order valence-corrected chi connectivity index (χ3v) is 2.41. The molecule has 0 fully saturated rings. The molecule has 0 atom stereocenters. The first-order valence-electron chi connectivity index (χ1n) is 3.68. The standard InChI is InChI=1S/C7H11Cl3O2/c8-5-3-1-2-4-7(9,10)6(11)12/h1-5H2,(H,11,12). The van der Waals surface area contributed by atoms with Crippen LogP contribution in [0.5, 0.6) is 0 Å². The van der Waals surface area contributed by atoms with E-state index >= 15 is 0 Å². The van der Waals surface area contributed by atoms with Crippen molar-refractivity contribution >= 4 is 40.8 Å². The van der Waals surface area contributed by atoms with Crippen LogP contribution in [0.15, 0.2) is 0 Å². The van der Waals surface area contributed by atoms with E-state index in [1.165, 1.54) is 0 Å². The van der Waals surface area contributed by atoms with E-state index < -0.39 is 10.3 Å². The molecule has 5 heteroatoms. The van der Waals surface area contributed by atoms with E-state index in [0.717, 1.165) is 12.8 Å². The summed E-state index contributed by atoms with van der Waals surface area (Å²) in [6.07, 6.45) is 2.68. The second kappa shape index (κ2) is 5.90. The van der Waals surface area contributed by atoms with Gasteiger partial charge in [0, 0.05) is 5.88 Å². The van der Waals surface area contributed by atoms with Gasteiger partial charge < -0.3 is 5.11 Å². The van der Waals surface area contributed by atoms with Gasteiger partial charge in [-0.1, -0.05) is 29.6 Å². The summed E-state index contributed by atoms with van der Waals surface area (Å²) in [5.41, 5.74) is 0. The van der Waals surface area contributed by atoms with Crippen LogP contribution in [0.3, 0.4) is 0 Å². The highest BCUT2D eigenvalue weighted by Crippen LogP contribution is 2.27. The van der Waals surface area contributed by atoms with Crippen LogP contribution in [0.4, 0.5) is 0 Å². The van der Waals surface area contributed by atoms with Crippen LogP contribution in [-0.2, 0) is 4.79 Å². The van der Waals surface area contributed by atoms with Crippen LogP contribution in [0.2, 0.25) is 0 Å². The number of alkyl halides is 3. The van der Waals surface area contributed by atoms with Crippen LogP contribution < -0.4 is 0 Å². The Bertz CT molecular complexity index is 148. The Morgan fingerprint density at radius 2 is 1.83 bits per heavy atom. The first-order valence-corrected chi connectivity index (χ1v) is 4.97. The molecule has 0 aliphatic rings. The Morgan fingerprint density at radius 1 is 1.25 bits per heavy atom. The van der Waals surface area contributed by atoms with Gasteiger partial charge >= 0.3 is 5.97 Å². The lowest BCUT2D eigenvalue weighted by Crippen LogP contribution is -2.25. The average Bonchev–Trinajstić information content (AvgIpc) is 1.98. The second-order valence-electron chi connectivity index (χ2n) is 2.51. The van der Waals surface area contributed by atoms with Gasteiger partial charge in [-0.25, -0.2) is 4.79 Å². The highest BCUT2D eigenvalue weighted by molar-refractivity contribution is 6.57. The molecule has 0 aliphatic heterocycles. The van der Waals surface area contributed by atoms with E-state index in [0.29, 0.717) is 12.3 Å². The molecule has 1 N–H and O–H groups in total. The van der Waals surface area contributed by atoms with E-state index in [1.807, 2.05) is 0 Å². The Labute approximate surface area is 86.8 Å². The minimum atomic E-state index is -1.63. The van der Waals surface area contributed by atoms with E-state index in [1.54, 1.807) is 0 Å². The molecule has 0 aromatic carbocycles. The topological polar surface area (TPSA) is 37.3 Å². The van der Waals surface area contributed by atoms with E-state index in [-0.39, 0.29) is 6.42 Å². The molecule has 0 saturated carbocycles. The van der Waals surface area contributed by atoms with Crippen molar-refractivity contribution in [3.63, 3.8) is 0 Å². The zero-order valence-corrected chi connectivity index (χ0v) is 8.79. The molecule has 2 nitrogen and oxygen atoms in total. The third kappa shape index (κ3) is 5.07. The van der Waals surface area contributed by atoms with Crippen LogP contribution in [0.1, 0.15) is 25.7 Å². The summed E-state index contributed by atoms with van der Waals surface area (Å²) in [6.45, 7) is 0. The maximum atomic E-state index is 10.4. The largest absolute Gasteiger partial charge is 0.479 e. The molecule has 0 saturated heterocycles. The fraction of sp³-hybridized carbons (Fsp3) is 0.857. The summed E-state index contributed by atoms with van der Waals surface area (Å²) >= 11 is 16.4. The molecule has 0 aromatic heterocycles. The van der Waals surface area contributed by atoms with Gasteiger partial charge in [0.2, 0.25) is 4.33 Å². The van der Waals surface area contributed by atoms with Gasteiger partial charge in [0.1, 0.15) is 0 Å². The van der Waals surface area contributed by atoms with Gasteiger partial charge in [0.15, 0.2) is 0 Å². The first-order chi connectivity index (χ1) is 5.50. The lowest BCUT2D eigenvalue weighted by Gasteiger charge is -2.12. The second-order valence-corrected chi connectivity index (χ2v) is 4.37. The Hall–Kier alpha value is 0.340. The molecule has 12 heavy (non-hydrogen) atoms. The van der Waals surface area contributed by atoms with Crippen LogP contribution >= 0.6 is 34.8 Å². The summed E-state index contributed by atoms with van der Waals surface area (Å²) in [6, 6.07) is 0. The number of carboxylic acids is 1. The molecular weight excluding hydrogens is 222 g/mol. The van der Waals surface area contributed by atoms with Crippen molar-refractivity contribution in [2.75, 3.05) is 5.88 Å². The number of carbonyl (C=O) groups is 1. The Morgan fingerprint density at radius 3 is 2.25 bits per heavy atom. The number of rotatable bonds is 6. The zero-order chi connectivity index (χ0) is 9.61. The molecule has 0 spiro atoms. The van der Waals surface area contributed by atoms with Crippen molar-refractivity contribution in [1.29, 1.82) is 0 Å². The lowest BCUT2D eigenvalue weighted by atomic mass is 10.1. The molecule has 0 aromatic rings. The van der Waals surface area contributed by atoms with E-state index in [4.69, 9.17) is 39.9 Å². The van der Waals surface area contributed by atoms with Crippen LogP contribution in [-0.4, -0.2) is 21.3 Å². The van der Waals surface area contributed by atoms with Gasteiger partial charge in [-0.15, -0.1) is 11.6 Å². The van der Waals surface area contributed by atoms with Crippen molar-refractivity contribution < 1.29 is 9.90 Å². The maximum absolute atomic E-state index is 10.4. The number of unbranched alkanes of at least 4 members (excludes halogenated alkanes) is 2. The van der Waals surface area contributed by atoms with Crippen molar-refractivity contribution in [3.05, 3.63) is 0 Å². The number of aliphatic carboxylic acids is 1. The SMILES string of the molecule is O=C(O)C(Cl)(Cl)CCCCCCl. The third-order valence-electron chi connectivity index (χ3n) is 1.44. The first kappa shape index (κ1) is 12.3. The molecule has 0 bridgehead atoms. The minimum absolute atomic E-state index is 0.266. The van der Waals surface area contributed by atoms with Crippen molar-refractivity contribution in [2.24, 2.45) is 0 Å². The maximum Gasteiger partial charge on any atom is 0.340 e. The lowest BCUT2D eigenvalue weighted by molar-refractivity contribution is -0.138. The molecule has 72 valence electrons. The van der Waals surface area contributed by atoms with Gasteiger partial charge in [0.25, 0.3) is 0 Å². The molecule has 0 rings (SSSR count). The normalized spacial score (nSPS) is 11.6. The Balaban J connectivity index is 3.54. The van der Waals surface area contributed by atoms with Gasteiger partial charge in [-0.2, -0.15) is 0 Å². The predicted molar refractivity (Wildman–Crippen MR) is 51.3 cm³/mol. The summed E-state index contributed by atoms with van der Waals surface area (Å²) < 4.78 is -1.63. The summed E-state index contributed by atoms with van der Waals surface area (Å²) in [7, 11) is 0. The summed E-state index contributed by atoms with van der Waals surface area (Å²) in [5.74, 6) is -0.596. The number of carboxylic acid groups (broad SMARTS) is 1. The fourth-order valence-corrected chi connectivity index (χ4v) is 1.18. The predicted octanol–water partition coefficient (Wildman–Crippen LogP) is 3.04. The van der Waals surface area contributed by atoms with E-state index in [9.17, 15) is 4.79 Å². The highest BCUT2D eigenvalue weighted by Gasteiger charge is 2.32. The highest BCUT2D eigenvalue weighted by atomic mass is 35.5. The van der Waals surface area contributed by atoms with Crippen LogP contribution in [0, 0.1) is 0 Å². The fourth-order valence-electron chi connectivity index (χ4n) is 0.725. The Kier molecular flexibility index (Phi) is 6.06. The van der Waals surface area contributed by atoms with Crippen molar-refractivity contribution in [3.8, 4) is 0 Å². The monoisotopic (exact) mass is 232 g/mol. The van der Waals surface area contributed by atoms with Gasteiger partial charge in [-0.3, -0.25) is 0 Å². The zero-order valence-electron chi connectivity index (χ0n) is 6.52. The quantitative estimate of drug-likeness (QED) is 0.565. The van der Waals surface area contributed by atoms with E-state index in [2.05, 4.69) is 0 Å². The summed E-state index contributed by atoms with van der Waals surface area (Å²) in [4.78, 5) is 10.4. The molecule has 0 amide bonds. The number of halogens is 3. The van der Waals surface area contributed by atoms with Gasteiger partial charge in [0.05, 0.1) is 0 Å². The van der Waals surface area contributed by atoms with Gasteiger partial charge in [-0.05, 0) is 19.3 Å². The molecular formula is C7H11Cl3O2.